The predicted octanol–water partition coefficient (Wildman–Crippen LogP) is 1.79. The van der Waals surface area contributed by atoms with E-state index in [4.69, 9.17) is 9.47 Å². The Labute approximate surface area is 176 Å². The van der Waals surface area contributed by atoms with E-state index in [1.54, 1.807) is 39.3 Å². The molecule has 8 nitrogen and oxygen atoms in total. The number of hydrogen-bond donors (Lipinski definition) is 1. The third-order valence-corrected chi connectivity index (χ3v) is 5.93. The van der Waals surface area contributed by atoms with Gasteiger partial charge in [-0.3, -0.25) is 9.59 Å². The number of carbonyl (C=O) groups is 2. The van der Waals surface area contributed by atoms with E-state index >= 15 is 0 Å². The number of nitrogens with zero attached hydrogens (tertiary/aromatic N) is 1. The first-order chi connectivity index (χ1) is 14.1. The highest BCUT2D eigenvalue weighted by molar-refractivity contribution is 7.89. The molecule has 0 aliphatic heterocycles. The number of benzene rings is 2. The summed E-state index contributed by atoms with van der Waals surface area (Å²) in [5.74, 6) is -0.579. The molecule has 0 saturated carbocycles. The van der Waals surface area contributed by atoms with Crippen LogP contribution in [0.2, 0.25) is 0 Å². The molecule has 0 aliphatic rings. The third-order valence-electron chi connectivity index (χ3n) is 4.53. The summed E-state index contributed by atoms with van der Waals surface area (Å²) in [6, 6.07) is 11.9. The second kappa shape index (κ2) is 10.2. The van der Waals surface area contributed by atoms with Gasteiger partial charge in [0.05, 0.1) is 12.0 Å². The Hall–Kier alpha value is -2.91. The van der Waals surface area contributed by atoms with E-state index in [0.29, 0.717) is 12.3 Å². The Balaban J connectivity index is 1.83. The minimum Gasteiger partial charge on any atom is -0.497 e. The number of methoxy groups -OCH3 is 1. The first kappa shape index (κ1) is 23.4. The minimum atomic E-state index is -3.85. The van der Waals surface area contributed by atoms with Gasteiger partial charge in [-0.25, -0.2) is 8.42 Å². The molecule has 1 amide bonds. The van der Waals surface area contributed by atoms with Crippen molar-refractivity contribution in [3.63, 3.8) is 0 Å². The van der Waals surface area contributed by atoms with E-state index in [0.717, 1.165) is 16.7 Å². The van der Waals surface area contributed by atoms with Crippen molar-refractivity contribution >= 4 is 21.9 Å². The van der Waals surface area contributed by atoms with E-state index in [9.17, 15) is 18.0 Å². The summed E-state index contributed by atoms with van der Waals surface area (Å²) in [4.78, 5) is 25.5. The van der Waals surface area contributed by atoms with Crippen LogP contribution in [0.1, 0.15) is 16.7 Å². The fourth-order valence-corrected chi connectivity index (χ4v) is 3.61. The molecule has 9 heteroatoms. The summed E-state index contributed by atoms with van der Waals surface area (Å²) in [5, 5.41) is 0. The molecule has 0 saturated heterocycles. The molecule has 2 aromatic rings. The molecule has 2 aromatic carbocycles. The Morgan fingerprint density at radius 3 is 2.47 bits per heavy atom. The summed E-state index contributed by atoms with van der Waals surface area (Å²) in [6.45, 7) is 2.94. The van der Waals surface area contributed by atoms with Crippen LogP contribution in [0.15, 0.2) is 47.4 Å². The maximum Gasteiger partial charge on any atom is 0.321 e. The van der Waals surface area contributed by atoms with Gasteiger partial charge in [-0.05, 0) is 54.8 Å². The Morgan fingerprint density at radius 1 is 1.07 bits per heavy atom. The average molecular weight is 435 g/mol. The van der Waals surface area contributed by atoms with Gasteiger partial charge in [-0.1, -0.05) is 18.2 Å². The molecular formula is C21H26N2O6S. The smallest absolute Gasteiger partial charge is 0.321 e. The van der Waals surface area contributed by atoms with Crippen LogP contribution in [0.4, 0.5) is 0 Å². The quantitative estimate of drug-likeness (QED) is 0.604. The molecule has 0 unspecified atom stereocenters. The van der Waals surface area contributed by atoms with Gasteiger partial charge in [0.25, 0.3) is 5.91 Å². The number of amides is 1. The van der Waals surface area contributed by atoms with E-state index in [1.165, 1.54) is 17.0 Å². The van der Waals surface area contributed by atoms with Crippen LogP contribution in [0.25, 0.3) is 0 Å². The van der Waals surface area contributed by atoms with Crippen molar-refractivity contribution in [2.75, 3.05) is 27.3 Å². The third kappa shape index (κ3) is 6.57. The molecule has 0 fully saturated rings. The van der Waals surface area contributed by atoms with Gasteiger partial charge in [0.1, 0.15) is 12.3 Å². The molecule has 0 radical (unpaired) electrons. The Bertz CT molecular complexity index is 1020. The topological polar surface area (TPSA) is 102 Å². The normalized spacial score (nSPS) is 11.1. The molecular weight excluding hydrogens is 408 g/mol. The maximum atomic E-state index is 12.3. The molecule has 0 aromatic heterocycles. The van der Waals surface area contributed by atoms with Crippen LogP contribution in [0.3, 0.4) is 0 Å². The molecule has 0 aliphatic carbocycles. The molecule has 2 rings (SSSR count). The molecule has 162 valence electrons. The van der Waals surface area contributed by atoms with Crippen molar-refractivity contribution in [2.45, 2.75) is 25.3 Å². The van der Waals surface area contributed by atoms with E-state index in [2.05, 4.69) is 4.72 Å². The SMILES string of the molecule is COc1cccc(CN(C)C(=O)COC(=O)CNS(=O)(=O)c2ccc(C)c(C)c2)c1. The van der Waals surface area contributed by atoms with E-state index in [1.807, 2.05) is 19.1 Å². The molecule has 0 spiro atoms. The Kier molecular flexibility index (Phi) is 7.96. The van der Waals surface area contributed by atoms with Gasteiger partial charge in [0.15, 0.2) is 6.61 Å². The number of ether oxygens (including phenoxy) is 2. The Morgan fingerprint density at radius 2 is 1.80 bits per heavy atom. The van der Waals surface area contributed by atoms with Gasteiger partial charge in [-0.2, -0.15) is 4.72 Å². The second-order valence-electron chi connectivity index (χ2n) is 6.83. The number of sulfonamides is 1. The number of hydrogen-bond acceptors (Lipinski definition) is 6. The van der Waals surface area contributed by atoms with Crippen LogP contribution >= 0.6 is 0 Å². The first-order valence-corrected chi connectivity index (χ1v) is 10.7. The highest BCUT2D eigenvalue weighted by Crippen LogP contribution is 2.15. The van der Waals surface area contributed by atoms with E-state index < -0.39 is 35.1 Å². The molecule has 0 atom stereocenters. The van der Waals surface area contributed by atoms with Crippen molar-refractivity contribution < 1.29 is 27.5 Å². The number of carbonyl (C=O) groups excluding carboxylic acids is 2. The molecule has 30 heavy (non-hydrogen) atoms. The van der Waals surface area contributed by atoms with Gasteiger partial charge < -0.3 is 14.4 Å². The number of likely N-dealkylation sites (N-methyl/N-ethyl adjacent to an activating group) is 1. The monoisotopic (exact) mass is 434 g/mol. The van der Waals surface area contributed by atoms with Gasteiger partial charge in [0.2, 0.25) is 10.0 Å². The zero-order chi connectivity index (χ0) is 22.3. The van der Waals surface area contributed by atoms with Crippen LogP contribution in [-0.2, 0) is 30.9 Å². The lowest BCUT2D eigenvalue weighted by molar-refractivity contribution is -0.150. The lowest BCUT2D eigenvalue weighted by Gasteiger charge is -2.17. The summed E-state index contributed by atoms with van der Waals surface area (Å²) >= 11 is 0. The van der Waals surface area contributed by atoms with Gasteiger partial charge in [0, 0.05) is 13.6 Å². The lowest BCUT2D eigenvalue weighted by Crippen LogP contribution is -2.34. The van der Waals surface area contributed by atoms with Crippen molar-refractivity contribution in [1.82, 2.24) is 9.62 Å². The highest BCUT2D eigenvalue weighted by atomic mass is 32.2. The average Bonchev–Trinajstić information content (AvgIpc) is 2.72. The van der Waals surface area contributed by atoms with Crippen LogP contribution in [0.5, 0.6) is 5.75 Å². The van der Waals surface area contributed by atoms with Crippen molar-refractivity contribution in [2.24, 2.45) is 0 Å². The predicted molar refractivity (Wildman–Crippen MR) is 112 cm³/mol. The standard InChI is InChI=1S/C21H26N2O6S/c1-15-8-9-19(10-16(15)2)30(26,27)22-12-21(25)29-14-20(24)23(3)13-17-6-5-7-18(11-17)28-4/h5-11,22H,12-14H2,1-4H3. The maximum absolute atomic E-state index is 12.3. The number of nitrogens with one attached hydrogen (secondary N) is 1. The van der Waals surface area contributed by atoms with Crippen LogP contribution < -0.4 is 9.46 Å². The molecule has 0 bridgehead atoms. The number of rotatable bonds is 9. The van der Waals surface area contributed by atoms with Crippen LogP contribution in [0, 0.1) is 13.8 Å². The number of aryl methyl sites for hydroxylation is 2. The fourth-order valence-electron chi connectivity index (χ4n) is 2.55. The summed E-state index contributed by atoms with van der Waals surface area (Å²) < 4.78 is 36.8. The first-order valence-electron chi connectivity index (χ1n) is 9.22. The second-order valence-corrected chi connectivity index (χ2v) is 8.60. The lowest BCUT2D eigenvalue weighted by atomic mass is 10.1. The zero-order valence-electron chi connectivity index (χ0n) is 17.5. The minimum absolute atomic E-state index is 0.0625. The summed E-state index contributed by atoms with van der Waals surface area (Å²) in [5.41, 5.74) is 2.65. The zero-order valence-corrected chi connectivity index (χ0v) is 18.3. The van der Waals surface area contributed by atoms with Crippen LogP contribution in [-0.4, -0.2) is 52.5 Å². The van der Waals surface area contributed by atoms with Crippen molar-refractivity contribution in [1.29, 1.82) is 0 Å². The van der Waals surface area contributed by atoms with Crippen molar-refractivity contribution in [3.05, 3.63) is 59.2 Å². The number of esters is 1. The summed E-state index contributed by atoms with van der Waals surface area (Å²) in [6.07, 6.45) is 0. The largest absolute Gasteiger partial charge is 0.497 e. The molecule has 0 heterocycles. The van der Waals surface area contributed by atoms with E-state index in [-0.39, 0.29) is 4.90 Å². The highest BCUT2D eigenvalue weighted by Gasteiger charge is 2.18. The van der Waals surface area contributed by atoms with Gasteiger partial charge in [-0.15, -0.1) is 0 Å². The fraction of sp³-hybridized carbons (Fsp3) is 0.333. The van der Waals surface area contributed by atoms with Gasteiger partial charge >= 0.3 is 5.97 Å². The summed E-state index contributed by atoms with van der Waals surface area (Å²) in [7, 11) is -0.716. The van der Waals surface area contributed by atoms with Crippen molar-refractivity contribution in [3.8, 4) is 5.75 Å². The molecule has 1 N–H and O–H groups in total.